The smallest absolute Gasteiger partial charge is 0.308 e. The first-order valence-electron chi connectivity index (χ1n) is 6.30. The van der Waals surface area contributed by atoms with Crippen LogP contribution in [0.25, 0.3) is 11.1 Å². The van der Waals surface area contributed by atoms with Crippen molar-refractivity contribution in [3.05, 3.63) is 23.5 Å². The Balaban J connectivity index is 1.85. The Kier molecular flexibility index (Phi) is 2.89. The fourth-order valence-electron chi connectivity index (χ4n) is 2.39. The molecule has 2 aromatic heterocycles. The molecule has 0 radical (unpaired) electrons. The van der Waals surface area contributed by atoms with Crippen molar-refractivity contribution in [2.75, 3.05) is 13.1 Å². The zero-order valence-corrected chi connectivity index (χ0v) is 10.9. The first-order chi connectivity index (χ1) is 9.56. The quantitative estimate of drug-likeness (QED) is 0.880. The second kappa shape index (κ2) is 4.59. The van der Waals surface area contributed by atoms with Crippen LogP contribution in [0, 0.1) is 12.8 Å². The first kappa shape index (κ1) is 12.6. The summed E-state index contributed by atoms with van der Waals surface area (Å²) in [6, 6.07) is 1.69. The van der Waals surface area contributed by atoms with Crippen molar-refractivity contribution in [1.82, 2.24) is 15.0 Å². The van der Waals surface area contributed by atoms with Crippen LogP contribution >= 0.6 is 0 Å². The molecule has 1 N–H and O–H groups in total. The minimum atomic E-state index is -0.858. The molecule has 7 nitrogen and oxygen atoms in total. The van der Waals surface area contributed by atoms with Crippen LogP contribution in [0.5, 0.6) is 0 Å². The van der Waals surface area contributed by atoms with Crippen molar-refractivity contribution in [1.29, 1.82) is 0 Å². The molecule has 1 amide bonds. The predicted molar refractivity (Wildman–Crippen MR) is 68.2 cm³/mol. The van der Waals surface area contributed by atoms with Crippen molar-refractivity contribution in [2.45, 2.75) is 13.3 Å². The topological polar surface area (TPSA) is 96.5 Å². The average molecular weight is 275 g/mol. The van der Waals surface area contributed by atoms with Crippen LogP contribution in [-0.2, 0) is 4.79 Å². The maximum absolute atomic E-state index is 12.3. The zero-order chi connectivity index (χ0) is 14.3. The van der Waals surface area contributed by atoms with E-state index in [0.29, 0.717) is 35.3 Å². The molecule has 20 heavy (non-hydrogen) atoms. The Labute approximate surface area is 114 Å². The highest BCUT2D eigenvalue weighted by atomic mass is 16.5. The highest BCUT2D eigenvalue weighted by Gasteiger charge is 2.31. The second-order valence-electron chi connectivity index (χ2n) is 4.92. The zero-order valence-electron chi connectivity index (χ0n) is 10.9. The molecule has 3 heterocycles. The number of carboxylic acid groups (broad SMARTS) is 1. The highest BCUT2D eigenvalue weighted by Crippen LogP contribution is 2.21. The largest absolute Gasteiger partial charge is 0.481 e. The molecular formula is C13H13N3O4. The highest BCUT2D eigenvalue weighted by molar-refractivity contribution is 5.97. The third kappa shape index (κ3) is 2.01. The summed E-state index contributed by atoms with van der Waals surface area (Å²) < 4.78 is 4.99. The first-order valence-corrected chi connectivity index (χ1v) is 6.30. The summed E-state index contributed by atoms with van der Waals surface area (Å²) in [5, 5.41) is 13.5. The number of carbonyl (C=O) groups is 2. The molecule has 0 aromatic carbocycles. The lowest BCUT2D eigenvalue weighted by molar-refractivity contribution is -0.141. The van der Waals surface area contributed by atoms with Gasteiger partial charge < -0.3 is 14.5 Å². The molecule has 7 heteroatoms. The maximum Gasteiger partial charge on any atom is 0.308 e. The summed E-state index contributed by atoms with van der Waals surface area (Å²) in [7, 11) is 0. The number of hydrogen-bond donors (Lipinski definition) is 1. The van der Waals surface area contributed by atoms with E-state index in [2.05, 4.69) is 10.1 Å². The lowest BCUT2D eigenvalue weighted by Gasteiger charge is -2.15. The number of hydrogen-bond acceptors (Lipinski definition) is 5. The standard InChI is InChI=1S/C13H13N3O4/c1-7-10-4-9(5-14-11(10)20-15-7)12(17)16-3-2-8(6-16)13(18)19/h4-5,8H,2-3,6H2,1H3,(H,18,19)/t8-/m0/s1. The number of fused-ring (bicyclic) bond motifs is 1. The van der Waals surface area contributed by atoms with Gasteiger partial charge in [0.1, 0.15) is 0 Å². The van der Waals surface area contributed by atoms with Crippen molar-refractivity contribution in [2.24, 2.45) is 5.92 Å². The van der Waals surface area contributed by atoms with Gasteiger partial charge in [-0.1, -0.05) is 5.16 Å². The summed E-state index contributed by atoms with van der Waals surface area (Å²) >= 11 is 0. The van der Waals surface area contributed by atoms with Gasteiger partial charge in [0.25, 0.3) is 11.6 Å². The van der Waals surface area contributed by atoms with E-state index in [1.54, 1.807) is 17.9 Å². The molecule has 1 saturated heterocycles. The van der Waals surface area contributed by atoms with Crippen LogP contribution in [0.15, 0.2) is 16.8 Å². The van der Waals surface area contributed by atoms with Gasteiger partial charge in [-0.25, -0.2) is 4.98 Å². The van der Waals surface area contributed by atoms with Gasteiger partial charge in [0.05, 0.1) is 22.6 Å². The molecule has 1 fully saturated rings. The molecule has 0 spiro atoms. The maximum atomic E-state index is 12.3. The Hall–Kier alpha value is -2.44. The number of aromatic nitrogens is 2. The minimum absolute atomic E-state index is 0.205. The van der Waals surface area contributed by atoms with Crippen molar-refractivity contribution in [3.8, 4) is 0 Å². The van der Waals surface area contributed by atoms with E-state index in [-0.39, 0.29) is 12.5 Å². The number of likely N-dealkylation sites (tertiary alicyclic amines) is 1. The second-order valence-corrected chi connectivity index (χ2v) is 4.92. The van der Waals surface area contributed by atoms with E-state index in [0.717, 1.165) is 0 Å². The number of pyridine rings is 1. The van der Waals surface area contributed by atoms with Crippen molar-refractivity contribution < 1.29 is 19.2 Å². The molecule has 2 aromatic rings. The lowest BCUT2D eigenvalue weighted by Crippen LogP contribution is -2.30. The van der Waals surface area contributed by atoms with Gasteiger partial charge in [0.15, 0.2) is 0 Å². The lowest BCUT2D eigenvalue weighted by atomic mass is 10.1. The number of aliphatic carboxylic acids is 1. The van der Waals surface area contributed by atoms with E-state index in [1.807, 2.05) is 0 Å². The van der Waals surface area contributed by atoms with E-state index in [1.165, 1.54) is 6.20 Å². The fourth-order valence-corrected chi connectivity index (χ4v) is 2.39. The van der Waals surface area contributed by atoms with Crippen LogP contribution in [0.4, 0.5) is 0 Å². The Morgan fingerprint density at radius 1 is 1.50 bits per heavy atom. The predicted octanol–water partition coefficient (Wildman–Crippen LogP) is 1.08. The van der Waals surface area contributed by atoms with E-state index < -0.39 is 11.9 Å². The Morgan fingerprint density at radius 2 is 2.30 bits per heavy atom. The third-order valence-corrected chi connectivity index (χ3v) is 3.58. The number of nitrogens with zero attached hydrogens (tertiary/aromatic N) is 3. The number of carboxylic acids is 1. The van der Waals surface area contributed by atoms with Gasteiger partial charge in [-0.05, 0) is 19.4 Å². The molecule has 0 saturated carbocycles. The SMILES string of the molecule is Cc1noc2ncc(C(=O)N3CC[C@H](C(=O)O)C3)cc12. The van der Waals surface area contributed by atoms with Crippen LogP contribution in [0.3, 0.4) is 0 Å². The van der Waals surface area contributed by atoms with Gasteiger partial charge in [-0.2, -0.15) is 0 Å². The van der Waals surface area contributed by atoms with Gasteiger partial charge in [-0.3, -0.25) is 9.59 Å². The summed E-state index contributed by atoms with van der Waals surface area (Å²) in [5.74, 6) is -1.54. The Bertz CT molecular complexity index is 694. The molecule has 1 atom stereocenters. The molecule has 1 aliphatic rings. The molecular weight excluding hydrogens is 262 g/mol. The number of aryl methyl sites for hydroxylation is 1. The Morgan fingerprint density at radius 3 is 3.00 bits per heavy atom. The summed E-state index contributed by atoms with van der Waals surface area (Å²) in [6.45, 7) is 2.48. The number of rotatable bonds is 2. The molecule has 0 bridgehead atoms. The fraction of sp³-hybridized carbons (Fsp3) is 0.385. The molecule has 3 rings (SSSR count). The summed E-state index contributed by atoms with van der Waals surface area (Å²) in [5.41, 5.74) is 1.49. The third-order valence-electron chi connectivity index (χ3n) is 3.58. The molecule has 1 aliphatic heterocycles. The van der Waals surface area contributed by atoms with Crippen LogP contribution in [0.1, 0.15) is 22.5 Å². The van der Waals surface area contributed by atoms with E-state index in [4.69, 9.17) is 9.63 Å². The van der Waals surface area contributed by atoms with Gasteiger partial charge in [0, 0.05) is 19.3 Å². The van der Waals surface area contributed by atoms with Crippen LogP contribution in [0.2, 0.25) is 0 Å². The van der Waals surface area contributed by atoms with Crippen molar-refractivity contribution in [3.63, 3.8) is 0 Å². The van der Waals surface area contributed by atoms with Crippen LogP contribution in [-0.4, -0.2) is 45.1 Å². The van der Waals surface area contributed by atoms with Crippen LogP contribution < -0.4 is 0 Å². The number of carbonyl (C=O) groups excluding carboxylic acids is 1. The van der Waals surface area contributed by atoms with E-state index >= 15 is 0 Å². The van der Waals surface area contributed by atoms with Gasteiger partial charge in [0.2, 0.25) is 0 Å². The number of amides is 1. The summed E-state index contributed by atoms with van der Waals surface area (Å²) in [6.07, 6.45) is 1.92. The monoisotopic (exact) mass is 275 g/mol. The minimum Gasteiger partial charge on any atom is -0.481 e. The van der Waals surface area contributed by atoms with Gasteiger partial charge in [-0.15, -0.1) is 0 Å². The molecule has 0 aliphatic carbocycles. The molecule has 104 valence electrons. The molecule has 0 unspecified atom stereocenters. The normalized spacial score (nSPS) is 18.6. The van der Waals surface area contributed by atoms with Gasteiger partial charge >= 0.3 is 5.97 Å². The average Bonchev–Trinajstić information content (AvgIpc) is 3.05. The summed E-state index contributed by atoms with van der Waals surface area (Å²) in [4.78, 5) is 28.9. The van der Waals surface area contributed by atoms with E-state index in [9.17, 15) is 9.59 Å². The van der Waals surface area contributed by atoms with Crippen molar-refractivity contribution >= 4 is 23.0 Å².